The van der Waals surface area contributed by atoms with Crippen LogP contribution in [0.2, 0.25) is 0 Å². The van der Waals surface area contributed by atoms with Crippen molar-refractivity contribution >= 4 is 5.91 Å². The lowest BCUT2D eigenvalue weighted by atomic mass is 10.1. The number of aromatic amines is 1. The second-order valence-electron chi connectivity index (χ2n) is 7.26. The first-order valence-corrected chi connectivity index (χ1v) is 9.16. The summed E-state index contributed by atoms with van der Waals surface area (Å²) in [6.07, 6.45) is -0.0531. The van der Waals surface area contributed by atoms with Crippen LogP contribution in [0.15, 0.2) is 10.9 Å². The molecule has 0 spiro atoms. The molecule has 0 aliphatic carbocycles. The van der Waals surface area contributed by atoms with Crippen molar-refractivity contribution in [1.82, 2.24) is 29.9 Å². The number of rotatable bonds is 6. The van der Waals surface area contributed by atoms with Crippen LogP contribution in [0, 0.1) is 5.92 Å². The number of fused-ring (bicyclic) bond motifs is 1. The van der Waals surface area contributed by atoms with E-state index in [2.05, 4.69) is 34.5 Å². The number of aryl methyl sites for hydroxylation is 2. The Morgan fingerprint density at radius 2 is 2.19 bits per heavy atom. The van der Waals surface area contributed by atoms with Crippen LogP contribution >= 0.6 is 0 Å². The first kappa shape index (κ1) is 19.2. The molecule has 1 aliphatic rings. The van der Waals surface area contributed by atoms with Gasteiger partial charge in [0, 0.05) is 25.6 Å². The highest BCUT2D eigenvalue weighted by atomic mass is 19.3. The summed E-state index contributed by atoms with van der Waals surface area (Å²) in [5.74, 6) is 0.711. The fourth-order valence-electron chi connectivity index (χ4n) is 3.12. The molecule has 0 fully saturated rings. The highest BCUT2D eigenvalue weighted by Crippen LogP contribution is 2.17. The van der Waals surface area contributed by atoms with Crippen LogP contribution in [-0.2, 0) is 19.5 Å². The van der Waals surface area contributed by atoms with Gasteiger partial charge in [-0.25, -0.2) is 18.3 Å². The van der Waals surface area contributed by atoms with Gasteiger partial charge in [-0.3, -0.25) is 14.5 Å². The zero-order chi connectivity index (χ0) is 19.6. The van der Waals surface area contributed by atoms with Gasteiger partial charge in [-0.15, -0.1) is 0 Å². The third kappa shape index (κ3) is 4.42. The fraction of sp³-hybridized carbons (Fsp3) is 0.647. The minimum atomic E-state index is -2.70. The highest BCUT2D eigenvalue weighted by Gasteiger charge is 2.23. The molecule has 2 N–H and O–H groups in total. The monoisotopic (exact) mass is 382 g/mol. The van der Waals surface area contributed by atoms with Crippen molar-refractivity contribution in [2.45, 2.75) is 65.1 Å². The van der Waals surface area contributed by atoms with Gasteiger partial charge in [0.05, 0.1) is 0 Å². The molecule has 0 saturated carbocycles. The zero-order valence-electron chi connectivity index (χ0n) is 15.4. The van der Waals surface area contributed by atoms with Crippen LogP contribution in [0.25, 0.3) is 0 Å². The number of aromatic nitrogens is 5. The van der Waals surface area contributed by atoms with Crippen LogP contribution in [-0.4, -0.2) is 36.5 Å². The molecule has 3 rings (SSSR count). The Morgan fingerprint density at radius 3 is 2.85 bits per heavy atom. The number of carbonyl (C=O) groups is 1. The molecule has 2 aromatic rings. The van der Waals surface area contributed by atoms with Crippen LogP contribution in [0.4, 0.5) is 8.78 Å². The average Bonchev–Trinajstić information content (AvgIpc) is 3.16. The van der Waals surface area contributed by atoms with E-state index in [1.165, 1.54) is 4.68 Å². The SMILES string of the molecule is CC(C)CCn1nc2n(c1=O)CCC(NC(=O)c1cc(C(F)F)[nH]n1)CC2. The highest BCUT2D eigenvalue weighted by molar-refractivity contribution is 5.92. The van der Waals surface area contributed by atoms with Crippen molar-refractivity contribution in [1.29, 1.82) is 0 Å². The number of halogens is 2. The second-order valence-corrected chi connectivity index (χ2v) is 7.26. The molecule has 2 aromatic heterocycles. The lowest BCUT2D eigenvalue weighted by molar-refractivity contribution is 0.0927. The largest absolute Gasteiger partial charge is 0.348 e. The number of carbonyl (C=O) groups excluding carboxylic acids is 1. The van der Waals surface area contributed by atoms with Gasteiger partial charge in [-0.1, -0.05) is 13.8 Å². The second kappa shape index (κ2) is 8.01. The minimum Gasteiger partial charge on any atom is -0.348 e. The Hall–Kier alpha value is -2.52. The number of hydrogen-bond acceptors (Lipinski definition) is 4. The Balaban J connectivity index is 1.61. The van der Waals surface area contributed by atoms with Crippen molar-refractivity contribution in [2.24, 2.45) is 5.92 Å². The summed E-state index contributed by atoms with van der Waals surface area (Å²) in [5.41, 5.74) is -0.571. The molecule has 148 valence electrons. The third-order valence-corrected chi connectivity index (χ3v) is 4.74. The number of H-pyrrole nitrogens is 1. The summed E-state index contributed by atoms with van der Waals surface area (Å²) < 4.78 is 28.4. The van der Waals surface area contributed by atoms with E-state index in [-0.39, 0.29) is 23.1 Å². The van der Waals surface area contributed by atoms with E-state index in [4.69, 9.17) is 0 Å². The summed E-state index contributed by atoms with van der Waals surface area (Å²) in [6.45, 7) is 5.26. The van der Waals surface area contributed by atoms with E-state index >= 15 is 0 Å². The van der Waals surface area contributed by atoms with Gasteiger partial charge in [0.2, 0.25) is 0 Å². The maximum Gasteiger partial charge on any atom is 0.345 e. The maximum absolute atomic E-state index is 12.6. The van der Waals surface area contributed by atoms with Crippen LogP contribution in [0.5, 0.6) is 0 Å². The molecule has 8 nitrogen and oxygen atoms in total. The summed E-state index contributed by atoms with van der Waals surface area (Å²) in [7, 11) is 0. The topological polar surface area (TPSA) is 97.6 Å². The van der Waals surface area contributed by atoms with Gasteiger partial charge in [-0.05, 0) is 31.2 Å². The van der Waals surface area contributed by atoms with Gasteiger partial charge in [-0.2, -0.15) is 10.2 Å². The van der Waals surface area contributed by atoms with Crippen LogP contribution in [0.3, 0.4) is 0 Å². The third-order valence-electron chi connectivity index (χ3n) is 4.74. The van der Waals surface area contributed by atoms with E-state index in [1.54, 1.807) is 4.57 Å². The molecule has 1 unspecified atom stereocenters. The lowest BCUT2D eigenvalue weighted by Gasteiger charge is -2.15. The van der Waals surface area contributed by atoms with E-state index in [0.29, 0.717) is 38.3 Å². The van der Waals surface area contributed by atoms with Crippen molar-refractivity contribution in [3.8, 4) is 0 Å². The fourth-order valence-corrected chi connectivity index (χ4v) is 3.12. The van der Waals surface area contributed by atoms with Gasteiger partial charge in [0.1, 0.15) is 17.2 Å². The van der Waals surface area contributed by atoms with Gasteiger partial charge < -0.3 is 5.32 Å². The molecule has 0 aromatic carbocycles. The minimum absolute atomic E-state index is 0.0664. The first-order chi connectivity index (χ1) is 12.8. The van der Waals surface area contributed by atoms with Crippen molar-refractivity contribution in [3.63, 3.8) is 0 Å². The quantitative estimate of drug-likeness (QED) is 0.797. The van der Waals surface area contributed by atoms with Gasteiger partial charge >= 0.3 is 5.69 Å². The smallest absolute Gasteiger partial charge is 0.345 e. The predicted octanol–water partition coefficient (Wildman–Crippen LogP) is 1.89. The van der Waals surface area contributed by atoms with Crippen LogP contribution < -0.4 is 11.0 Å². The lowest BCUT2D eigenvalue weighted by Crippen LogP contribution is -2.36. The van der Waals surface area contributed by atoms with Gasteiger partial charge in [0.25, 0.3) is 12.3 Å². The molecule has 1 amide bonds. The molecular weight excluding hydrogens is 358 g/mol. The standard InChI is InChI=1S/C17H24F2N6O2/c1-10(2)5-8-25-17(27)24-7-6-11(3-4-14(24)23-25)20-16(26)13-9-12(15(18)19)21-22-13/h9-11,15H,3-8H2,1-2H3,(H,20,26)(H,21,22). The van der Waals surface area contributed by atoms with Crippen molar-refractivity contribution < 1.29 is 13.6 Å². The number of alkyl halides is 2. The molecule has 3 heterocycles. The number of nitrogens with one attached hydrogen (secondary N) is 2. The molecule has 27 heavy (non-hydrogen) atoms. The number of nitrogens with zero attached hydrogens (tertiary/aromatic N) is 4. The first-order valence-electron chi connectivity index (χ1n) is 9.16. The Labute approximate surface area is 155 Å². The Kier molecular flexibility index (Phi) is 5.71. The van der Waals surface area contributed by atoms with Gasteiger partial charge in [0.15, 0.2) is 0 Å². The maximum atomic E-state index is 12.6. The zero-order valence-corrected chi connectivity index (χ0v) is 15.4. The summed E-state index contributed by atoms with van der Waals surface area (Å²) >= 11 is 0. The number of amides is 1. The Morgan fingerprint density at radius 1 is 1.41 bits per heavy atom. The molecule has 0 saturated heterocycles. The molecule has 1 atom stereocenters. The Bertz CT molecular complexity index is 854. The van der Waals surface area contributed by atoms with Crippen molar-refractivity contribution in [3.05, 3.63) is 33.8 Å². The number of hydrogen-bond donors (Lipinski definition) is 2. The van der Waals surface area contributed by atoms with E-state index in [9.17, 15) is 18.4 Å². The summed E-state index contributed by atoms with van der Waals surface area (Å²) in [5, 5.41) is 13.0. The van der Waals surface area contributed by atoms with Crippen molar-refractivity contribution in [2.75, 3.05) is 0 Å². The normalized spacial score (nSPS) is 17.2. The molecule has 1 aliphatic heterocycles. The van der Waals surface area contributed by atoms with E-state index < -0.39 is 12.3 Å². The molecule has 0 radical (unpaired) electrons. The summed E-state index contributed by atoms with van der Waals surface area (Å²) in [4.78, 5) is 24.7. The molecule has 10 heteroatoms. The average molecular weight is 382 g/mol. The van der Waals surface area contributed by atoms with E-state index in [0.717, 1.165) is 18.3 Å². The van der Waals surface area contributed by atoms with Crippen LogP contribution in [0.1, 0.15) is 61.5 Å². The predicted molar refractivity (Wildman–Crippen MR) is 93.7 cm³/mol. The summed E-state index contributed by atoms with van der Waals surface area (Å²) in [6, 6.07) is 0.879. The van der Waals surface area contributed by atoms with E-state index in [1.807, 2.05) is 0 Å². The molecule has 0 bridgehead atoms. The molecular formula is C17H24F2N6O2.